The van der Waals surface area contributed by atoms with Gasteiger partial charge in [-0.1, -0.05) is 6.92 Å². The van der Waals surface area contributed by atoms with Gasteiger partial charge in [-0.05, 0) is 51.4 Å². The van der Waals surface area contributed by atoms with E-state index >= 15 is 0 Å². The molecule has 18 heavy (non-hydrogen) atoms. The van der Waals surface area contributed by atoms with Crippen LogP contribution in [0.1, 0.15) is 31.9 Å². The van der Waals surface area contributed by atoms with Crippen molar-refractivity contribution in [2.45, 2.75) is 32.7 Å². The van der Waals surface area contributed by atoms with Crippen LogP contribution in [0.2, 0.25) is 0 Å². The first-order valence-corrected chi connectivity index (χ1v) is 7.02. The molecule has 1 saturated heterocycles. The molecule has 0 atom stereocenters. The molecule has 0 spiro atoms. The van der Waals surface area contributed by atoms with Crippen molar-refractivity contribution in [3.63, 3.8) is 0 Å². The molecule has 0 aromatic carbocycles. The molecule has 2 rings (SSSR count). The first-order chi connectivity index (χ1) is 8.84. The van der Waals surface area contributed by atoms with Gasteiger partial charge in [0.15, 0.2) is 0 Å². The number of piperidine rings is 1. The summed E-state index contributed by atoms with van der Waals surface area (Å²) in [6.07, 6.45) is 9.22. The summed E-state index contributed by atoms with van der Waals surface area (Å²) in [4.78, 5) is 10.9. The van der Waals surface area contributed by atoms with Crippen molar-refractivity contribution < 1.29 is 0 Å². The maximum atomic E-state index is 4.24. The number of hydrogen-bond acceptors (Lipinski definition) is 4. The number of aromatic nitrogens is 2. The third kappa shape index (κ3) is 4.70. The minimum Gasteiger partial charge on any atom is -0.311 e. The van der Waals surface area contributed by atoms with Gasteiger partial charge in [-0.2, -0.15) is 0 Å². The molecule has 0 unspecified atom stereocenters. The highest BCUT2D eigenvalue weighted by atomic mass is 15.1. The van der Waals surface area contributed by atoms with E-state index < -0.39 is 0 Å². The molecule has 0 saturated carbocycles. The summed E-state index contributed by atoms with van der Waals surface area (Å²) in [5.41, 5.74) is 1.02. The number of rotatable bonds is 6. The highest BCUT2D eigenvalue weighted by Gasteiger charge is 2.14. The van der Waals surface area contributed by atoms with Crippen molar-refractivity contribution in [2.75, 3.05) is 26.2 Å². The van der Waals surface area contributed by atoms with Gasteiger partial charge in [-0.15, -0.1) is 0 Å². The molecule has 2 heterocycles. The van der Waals surface area contributed by atoms with Gasteiger partial charge in [0, 0.05) is 25.1 Å². The minimum atomic E-state index is 0.824. The molecule has 1 aromatic heterocycles. The summed E-state index contributed by atoms with van der Waals surface area (Å²) >= 11 is 0. The van der Waals surface area contributed by atoms with Gasteiger partial charge in [0.05, 0.1) is 5.69 Å². The van der Waals surface area contributed by atoms with Crippen molar-refractivity contribution in [3.8, 4) is 0 Å². The molecule has 1 aromatic rings. The normalized spacial score (nSPS) is 18.1. The lowest BCUT2D eigenvalue weighted by Crippen LogP contribution is -2.34. The van der Waals surface area contributed by atoms with Gasteiger partial charge in [-0.25, -0.2) is 0 Å². The standard InChI is InChI=1S/C14H24N4/c1-13-3-9-18(10-4-13)8-2-5-15-11-14-12-16-6-7-17-14/h6-7,12-13,15H,2-5,8-11H2,1H3. The second kappa shape index (κ2) is 7.44. The van der Waals surface area contributed by atoms with Crippen LogP contribution < -0.4 is 5.32 Å². The van der Waals surface area contributed by atoms with E-state index in [1.165, 1.54) is 38.9 Å². The molecule has 0 radical (unpaired) electrons. The molecule has 4 nitrogen and oxygen atoms in total. The Labute approximate surface area is 110 Å². The summed E-state index contributed by atoms with van der Waals surface area (Å²) in [5, 5.41) is 3.42. The van der Waals surface area contributed by atoms with Gasteiger partial charge in [0.25, 0.3) is 0 Å². The molecule has 4 heteroatoms. The molecule has 0 aliphatic carbocycles. The third-order valence-electron chi connectivity index (χ3n) is 3.63. The Morgan fingerprint density at radius 2 is 2.17 bits per heavy atom. The molecule has 1 N–H and O–H groups in total. The first kappa shape index (κ1) is 13.4. The lowest BCUT2D eigenvalue weighted by molar-refractivity contribution is 0.190. The SMILES string of the molecule is CC1CCN(CCCNCc2cnccn2)CC1. The minimum absolute atomic E-state index is 0.824. The lowest BCUT2D eigenvalue weighted by Gasteiger charge is -2.30. The maximum absolute atomic E-state index is 4.24. The molecule has 0 amide bonds. The maximum Gasteiger partial charge on any atom is 0.0724 e. The van der Waals surface area contributed by atoms with E-state index in [2.05, 4.69) is 27.1 Å². The van der Waals surface area contributed by atoms with Gasteiger partial charge >= 0.3 is 0 Å². The van der Waals surface area contributed by atoms with Crippen molar-refractivity contribution in [1.82, 2.24) is 20.2 Å². The van der Waals surface area contributed by atoms with Crippen LogP contribution in [0.3, 0.4) is 0 Å². The van der Waals surface area contributed by atoms with Crippen LogP contribution in [0.4, 0.5) is 0 Å². The second-order valence-electron chi connectivity index (χ2n) is 5.25. The Morgan fingerprint density at radius 3 is 2.89 bits per heavy atom. The fourth-order valence-electron chi connectivity index (χ4n) is 2.35. The Morgan fingerprint density at radius 1 is 1.33 bits per heavy atom. The van der Waals surface area contributed by atoms with Crippen LogP contribution in [-0.4, -0.2) is 41.0 Å². The Balaban J connectivity index is 1.51. The average Bonchev–Trinajstić information content (AvgIpc) is 2.42. The quantitative estimate of drug-likeness (QED) is 0.778. The van der Waals surface area contributed by atoms with Crippen LogP contribution >= 0.6 is 0 Å². The van der Waals surface area contributed by atoms with E-state index in [1.54, 1.807) is 12.4 Å². The number of likely N-dealkylation sites (tertiary alicyclic amines) is 1. The second-order valence-corrected chi connectivity index (χ2v) is 5.25. The molecule has 1 aliphatic rings. The van der Waals surface area contributed by atoms with E-state index in [4.69, 9.17) is 0 Å². The summed E-state index contributed by atoms with van der Waals surface area (Å²) in [6, 6.07) is 0. The third-order valence-corrected chi connectivity index (χ3v) is 3.63. The molecular formula is C14H24N4. The molecule has 100 valence electrons. The van der Waals surface area contributed by atoms with Crippen molar-refractivity contribution in [1.29, 1.82) is 0 Å². The largest absolute Gasteiger partial charge is 0.311 e. The van der Waals surface area contributed by atoms with Crippen molar-refractivity contribution in [3.05, 3.63) is 24.3 Å². The Kier molecular flexibility index (Phi) is 5.55. The zero-order valence-corrected chi connectivity index (χ0v) is 11.3. The molecule has 1 fully saturated rings. The topological polar surface area (TPSA) is 41.0 Å². The number of nitrogens with zero attached hydrogens (tertiary/aromatic N) is 3. The van der Waals surface area contributed by atoms with E-state index in [0.717, 1.165) is 24.7 Å². The molecule has 0 bridgehead atoms. The van der Waals surface area contributed by atoms with Crippen LogP contribution in [0.15, 0.2) is 18.6 Å². The van der Waals surface area contributed by atoms with Crippen LogP contribution in [0, 0.1) is 5.92 Å². The van der Waals surface area contributed by atoms with Crippen LogP contribution in [0.5, 0.6) is 0 Å². The molecule has 1 aliphatic heterocycles. The van der Waals surface area contributed by atoms with Crippen LogP contribution in [-0.2, 0) is 6.54 Å². The average molecular weight is 248 g/mol. The zero-order chi connectivity index (χ0) is 12.6. The van der Waals surface area contributed by atoms with Gasteiger partial charge in [0.1, 0.15) is 0 Å². The van der Waals surface area contributed by atoms with E-state index in [1.807, 2.05) is 6.20 Å². The number of nitrogens with one attached hydrogen (secondary N) is 1. The van der Waals surface area contributed by atoms with Gasteiger partial charge in [-0.3, -0.25) is 9.97 Å². The number of hydrogen-bond donors (Lipinski definition) is 1. The summed E-state index contributed by atoms with van der Waals surface area (Å²) in [7, 11) is 0. The lowest BCUT2D eigenvalue weighted by atomic mass is 9.99. The van der Waals surface area contributed by atoms with Crippen molar-refractivity contribution >= 4 is 0 Å². The summed E-state index contributed by atoms with van der Waals surface area (Å²) in [5.74, 6) is 0.927. The Bertz CT molecular complexity index is 320. The van der Waals surface area contributed by atoms with E-state index in [0.29, 0.717) is 0 Å². The Hall–Kier alpha value is -1.00. The predicted molar refractivity (Wildman–Crippen MR) is 73.2 cm³/mol. The monoisotopic (exact) mass is 248 g/mol. The van der Waals surface area contributed by atoms with Crippen LogP contribution in [0.25, 0.3) is 0 Å². The zero-order valence-electron chi connectivity index (χ0n) is 11.3. The molecular weight excluding hydrogens is 224 g/mol. The smallest absolute Gasteiger partial charge is 0.0724 e. The predicted octanol–water partition coefficient (Wildman–Crippen LogP) is 1.69. The van der Waals surface area contributed by atoms with Crippen molar-refractivity contribution in [2.24, 2.45) is 5.92 Å². The first-order valence-electron chi connectivity index (χ1n) is 7.02. The van der Waals surface area contributed by atoms with E-state index in [9.17, 15) is 0 Å². The van der Waals surface area contributed by atoms with Gasteiger partial charge < -0.3 is 10.2 Å². The highest BCUT2D eigenvalue weighted by Crippen LogP contribution is 2.15. The summed E-state index contributed by atoms with van der Waals surface area (Å²) in [6.45, 7) is 8.03. The highest BCUT2D eigenvalue weighted by molar-refractivity contribution is 4.93. The summed E-state index contributed by atoms with van der Waals surface area (Å²) < 4.78 is 0. The fourth-order valence-corrected chi connectivity index (χ4v) is 2.35. The fraction of sp³-hybridized carbons (Fsp3) is 0.714. The van der Waals surface area contributed by atoms with E-state index in [-0.39, 0.29) is 0 Å². The van der Waals surface area contributed by atoms with Gasteiger partial charge in [0.2, 0.25) is 0 Å².